The van der Waals surface area contributed by atoms with E-state index in [2.05, 4.69) is 10.6 Å². The number of rotatable bonds is 5. The van der Waals surface area contributed by atoms with E-state index in [1.165, 1.54) is 0 Å². The van der Waals surface area contributed by atoms with Crippen LogP contribution >= 0.6 is 11.6 Å². The molecule has 0 aliphatic carbocycles. The standard InChI is InChI=1S/C15H15ClN2O3/c1-20-13-3-2-4-14(9-13)21-10-17-15(19)18-12-7-5-11(16)6-8-12/h2-9H,10H2,1H3,(H2,17,18,19). The second-order valence-electron chi connectivity index (χ2n) is 4.11. The summed E-state index contributed by atoms with van der Waals surface area (Å²) < 4.78 is 10.5. The maximum Gasteiger partial charge on any atom is 0.321 e. The van der Waals surface area contributed by atoms with Crippen molar-refractivity contribution in [2.75, 3.05) is 19.2 Å². The summed E-state index contributed by atoms with van der Waals surface area (Å²) in [5.41, 5.74) is 0.651. The third-order valence-corrected chi connectivity index (χ3v) is 2.87. The highest BCUT2D eigenvalue weighted by molar-refractivity contribution is 6.30. The summed E-state index contributed by atoms with van der Waals surface area (Å²) in [6, 6.07) is 13.6. The first-order valence-corrected chi connectivity index (χ1v) is 6.62. The topological polar surface area (TPSA) is 59.6 Å². The van der Waals surface area contributed by atoms with Crippen LogP contribution in [-0.2, 0) is 0 Å². The Balaban J connectivity index is 1.77. The van der Waals surface area contributed by atoms with Gasteiger partial charge in [0.15, 0.2) is 6.73 Å². The molecule has 2 N–H and O–H groups in total. The molecule has 0 spiro atoms. The van der Waals surface area contributed by atoms with E-state index in [0.717, 1.165) is 0 Å². The van der Waals surface area contributed by atoms with Crippen LogP contribution in [0.15, 0.2) is 48.5 Å². The second-order valence-corrected chi connectivity index (χ2v) is 4.54. The second kappa shape index (κ2) is 7.40. The number of hydrogen-bond acceptors (Lipinski definition) is 3. The Labute approximate surface area is 127 Å². The number of carbonyl (C=O) groups excluding carboxylic acids is 1. The predicted molar refractivity (Wildman–Crippen MR) is 82.1 cm³/mol. The molecular weight excluding hydrogens is 292 g/mol. The Morgan fingerprint density at radius 2 is 1.86 bits per heavy atom. The van der Waals surface area contributed by atoms with Crippen LogP contribution in [0.3, 0.4) is 0 Å². The van der Waals surface area contributed by atoms with Crippen molar-refractivity contribution in [3.63, 3.8) is 0 Å². The Morgan fingerprint density at radius 1 is 1.14 bits per heavy atom. The van der Waals surface area contributed by atoms with Crippen LogP contribution in [0.4, 0.5) is 10.5 Å². The third-order valence-electron chi connectivity index (χ3n) is 2.61. The summed E-state index contributed by atoms with van der Waals surface area (Å²) in [6.07, 6.45) is 0. The quantitative estimate of drug-likeness (QED) is 0.831. The van der Waals surface area contributed by atoms with E-state index >= 15 is 0 Å². The number of nitrogens with one attached hydrogen (secondary N) is 2. The minimum Gasteiger partial charge on any atom is -0.497 e. The minimum absolute atomic E-state index is 0.0482. The molecule has 21 heavy (non-hydrogen) atoms. The molecule has 6 heteroatoms. The first kappa shape index (κ1) is 15.0. The lowest BCUT2D eigenvalue weighted by Crippen LogP contribution is -2.31. The molecule has 2 rings (SSSR count). The Hall–Kier alpha value is -2.40. The van der Waals surface area contributed by atoms with Gasteiger partial charge in [0.05, 0.1) is 7.11 Å². The fourth-order valence-electron chi connectivity index (χ4n) is 1.58. The lowest BCUT2D eigenvalue weighted by molar-refractivity contribution is 0.234. The molecule has 0 saturated heterocycles. The van der Waals surface area contributed by atoms with Gasteiger partial charge in [-0.25, -0.2) is 4.79 Å². The summed E-state index contributed by atoms with van der Waals surface area (Å²) in [6.45, 7) is 0.0482. The highest BCUT2D eigenvalue weighted by Gasteiger charge is 2.02. The largest absolute Gasteiger partial charge is 0.497 e. The summed E-state index contributed by atoms with van der Waals surface area (Å²) in [7, 11) is 1.58. The maximum absolute atomic E-state index is 11.7. The van der Waals surface area contributed by atoms with Crippen molar-refractivity contribution in [3.8, 4) is 11.5 Å². The zero-order chi connectivity index (χ0) is 15.1. The van der Waals surface area contributed by atoms with Crippen molar-refractivity contribution in [1.82, 2.24) is 5.32 Å². The van der Waals surface area contributed by atoms with Crippen molar-refractivity contribution in [1.29, 1.82) is 0 Å². The molecule has 2 aromatic carbocycles. The summed E-state index contributed by atoms with van der Waals surface area (Å²) >= 11 is 5.77. The van der Waals surface area contributed by atoms with Crippen LogP contribution in [0, 0.1) is 0 Å². The summed E-state index contributed by atoms with van der Waals surface area (Å²) in [5.74, 6) is 1.30. The van der Waals surface area contributed by atoms with Gasteiger partial charge in [-0.05, 0) is 36.4 Å². The monoisotopic (exact) mass is 306 g/mol. The number of methoxy groups -OCH3 is 1. The molecule has 0 fully saturated rings. The first-order valence-electron chi connectivity index (χ1n) is 6.24. The minimum atomic E-state index is -0.361. The van der Waals surface area contributed by atoms with Crippen molar-refractivity contribution in [2.24, 2.45) is 0 Å². The van der Waals surface area contributed by atoms with Gasteiger partial charge in [0, 0.05) is 16.8 Å². The number of amides is 2. The Morgan fingerprint density at radius 3 is 2.57 bits per heavy atom. The molecule has 0 aliphatic rings. The van der Waals surface area contributed by atoms with Gasteiger partial charge < -0.3 is 20.1 Å². The first-order chi connectivity index (χ1) is 10.2. The molecule has 0 heterocycles. The van der Waals surface area contributed by atoms with Crippen molar-refractivity contribution in [3.05, 3.63) is 53.6 Å². The summed E-state index contributed by atoms with van der Waals surface area (Å²) in [4.78, 5) is 11.7. The van der Waals surface area contributed by atoms with Crippen LogP contribution in [0.25, 0.3) is 0 Å². The van der Waals surface area contributed by atoms with Crippen LogP contribution in [-0.4, -0.2) is 19.9 Å². The smallest absolute Gasteiger partial charge is 0.321 e. The van der Waals surface area contributed by atoms with Crippen molar-refractivity contribution >= 4 is 23.3 Å². The molecule has 110 valence electrons. The van der Waals surface area contributed by atoms with E-state index in [0.29, 0.717) is 22.2 Å². The van der Waals surface area contributed by atoms with E-state index in [4.69, 9.17) is 21.1 Å². The number of carbonyl (C=O) groups is 1. The third kappa shape index (κ3) is 4.89. The molecular formula is C15H15ClN2O3. The molecule has 2 aromatic rings. The molecule has 0 radical (unpaired) electrons. The molecule has 0 bridgehead atoms. The maximum atomic E-state index is 11.7. The van der Waals surface area contributed by atoms with Gasteiger partial charge in [-0.15, -0.1) is 0 Å². The molecule has 0 aromatic heterocycles. The fraction of sp³-hybridized carbons (Fsp3) is 0.133. The van der Waals surface area contributed by atoms with Crippen LogP contribution in [0.5, 0.6) is 11.5 Å². The highest BCUT2D eigenvalue weighted by atomic mass is 35.5. The SMILES string of the molecule is COc1cccc(OCNC(=O)Nc2ccc(Cl)cc2)c1. The van der Waals surface area contributed by atoms with Gasteiger partial charge in [0.1, 0.15) is 11.5 Å². The average Bonchev–Trinajstić information content (AvgIpc) is 2.50. The van der Waals surface area contributed by atoms with Crippen LogP contribution in [0.1, 0.15) is 0 Å². The van der Waals surface area contributed by atoms with E-state index in [1.54, 1.807) is 43.5 Å². The normalized spacial score (nSPS) is 9.81. The van der Waals surface area contributed by atoms with E-state index < -0.39 is 0 Å². The number of halogens is 1. The van der Waals surface area contributed by atoms with E-state index in [9.17, 15) is 4.79 Å². The zero-order valence-corrected chi connectivity index (χ0v) is 12.2. The number of benzene rings is 2. The van der Waals surface area contributed by atoms with Gasteiger partial charge in [-0.3, -0.25) is 0 Å². The predicted octanol–water partition coefficient (Wildman–Crippen LogP) is 3.51. The van der Waals surface area contributed by atoms with Crippen molar-refractivity contribution < 1.29 is 14.3 Å². The number of ether oxygens (including phenoxy) is 2. The van der Waals surface area contributed by atoms with E-state index in [1.807, 2.05) is 12.1 Å². The number of urea groups is 1. The molecule has 0 unspecified atom stereocenters. The number of anilines is 1. The molecule has 2 amide bonds. The molecule has 5 nitrogen and oxygen atoms in total. The molecule has 0 saturated carbocycles. The lowest BCUT2D eigenvalue weighted by Gasteiger charge is -2.10. The van der Waals surface area contributed by atoms with Crippen LogP contribution in [0.2, 0.25) is 5.02 Å². The zero-order valence-electron chi connectivity index (χ0n) is 11.4. The summed E-state index contributed by atoms with van der Waals surface area (Å²) in [5, 5.41) is 5.86. The molecule has 0 atom stereocenters. The van der Waals surface area contributed by atoms with Gasteiger partial charge in [0.2, 0.25) is 0 Å². The lowest BCUT2D eigenvalue weighted by atomic mass is 10.3. The van der Waals surface area contributed by atoms with Gasteiger partial charge in [-0.1, -0.05) is 17.7 Å². The average molecular weight is 307 g/mol. The molecule has 0 aliphatic heterocycles. The Kier molecular flexibility index (Phi) is 5.29. The number of hydrogen-bond donors (Lipinski definition) is 2. The highest BCUT2D eigenvalue weighted by Crippen LogP contribution is 2.18. The van der Waals surface area contributed by atoms with Crippen LogP contribution < -0.4 is 20.1 Å². The van der Waals surface area contributed by atoms with Crippen molar-refractivity contribution in [2.45, 2.75) is 0 Å². The van der Waals surface area contributed by atoms with Gasteiger partial charge >= 0.3 is 6.03 Å². The fourth-order valence-corrected chi connectivity index (χ4v) is 1.71. The Bertz CT molecular complexity index is 602. The van der Waals surface area contributed by atoms with E-state index in [-0.39, 0.29) is 12.8 Å². The van der Waals surface area contributed by atoms with Gasteiger partial charge in [0.25, 0.3) is 0 Å². The van der Waals surface area contributed by atoms with Gasteiger partial charge in [-0.2, -0.15) is 0 Å².